The molecule has 0 saturated heterocycles. The molecule has 0 aromatic carbocycles. The van der Waals surface area contributed by atoms with E-state index in [1.165, 1.54) is 9.61 Å². The molecule has 0 radical (unpaired) electrons. The second-order valence-corrected chi connectivity index (χ2v) is 3.24. The highest BCUT2D eigenvalue weighted by Crippen LogP contribution is 1.80. The maximum Gasteiger partial charge on any atom is 0.421 e. The number of nitrogens with one attached hydrogen (secondary N) is 2. The van der Waals surface area contributed by atoms with Crippen LogP contribution in [0.1, 0.15) is 0 Å². The summed E-state index contributed by atoms with van der Waals surface area (Å²) < 4.78 is 26.8. The number of hydrogen-bond donors (Lipinski definition) is 3. The summed E-state index contributed by atoms with van der Waals surface area (Å²) in [6.07, 6.45) is -1.23. The Labute approximate surface area is 79.1 Å². The maximum absolute atomic E-state index is 10.7. The lowest BCUT2D eigenvalue weighted by molar-refractivity contribution is -0.143. The van der Waals surface area contributed by atoms with Gasteiger partial charge in [0.05, 0.1) is 7.11 Å². The Bertz CT molecular complexity index is 310. The van der Waals surface area contributed by atoms with Crippen molar-refractivity contribution in [2.45, 2.75) is 0 Å². The van der Waals surface area contributed by atoms with E-state index in [2.05, 4.69) is 9.57 Å². The van der Waals surface area contributed by atoms with E-state index in [1.54, 1.807) is 0 Å². The summed E-state index contributed by atoms with van der Waals surface area (Å²) in [6.45, 7) is -0.873. The number of methoxy groups -OCH3 is 1. The fraction of sp³-hybridized carbons (Fsp3) is 0.500. The second kappa shape index (κ2) is 5.36. The molecule has 1 amide bonds. The molecule has 0 aromatic rings. The highest BCUT2D eigenvalue weighted by atomic mass is 32.2. The standard InChI is InChI=1S/C4H8N2O7S/c1-12-4(9)5-14(10,11)6-13-2-3(7)8/h6H,2H2,1H3,(H,5,9)(H,7,8). The van der Waals surface area contributed by atoms with Gasteiger partial charge in [0.25, 0.3) is 0 Å². The predicted octanol–water partition coefficient (Wildman–Crippen LogP) is -1.81. The van der Waals surface area contributed by atoms with Crippen LogP contribution < -0.4 is 9.61 Å². The molecule has 3 N–H and O–H groups in total. The number of amides is 1. The molecule has 0 bridgehead atoms. The summed E-state index contributed by atoms with van der Waals surface area (Å²) in [5, 5.41) is 8.07. The highest BCUT2D eigenvalue weighted by Gasteiger charge is 2.14. The van der Waals surface area contributed by atoms with E-state index < -0.39 is 28.9 Å². The molecule has 0 saturated carbocycles. The van der Waals surface area contributed by atoms with Crippen LogP contribution in [0.5, 0.6) is 0 Å². The van der Waals surface area contributed by atoms with Crippen molar-refractivity contribution < 1.29 is 32.7 Å². The lowest BCUT2D eigenvalue weighted by Gasteiger charge is -2.05. The fourth-order valence-electron chi connectivity index (χ4n) is 0.341. The molecule has 0 unspecified atom stereocenters. The quantitative estimate of drug-likeness (QED) is 0.472. The van der Waals surface area contributed by atoms with Gasteiger partial charge in [0, 0.05) is 0 Å². The molecule has 82 valence electrons. The number of rotatable bonds is 5. The first kappa shape index (κ1) is 12.6. The van der Waals surface area contributed by atoms with E-state index in [0.717, 1.165) is 7.11 Å². The summed E-state index contributed by atoms with van der Waals surface area (Å²) in [7, 11) is -3.29. The molecule has 0 aliphatic heterocycles. The Morgan fingerprint density at radius 2 is 2.00 bits per heavy atom. The van der Waals surface area contributed by atoms with Crippen molar-refractivity contribution in [2.75, 3.05) is 13.7 Å². The Morgan fingerprint density at radius 1 is 1.43 bits per heavy atom. The van der Waals surface area contributed by atoms with Crippen LogP contribution >= 0.6 is 0 Å². The second-order valence-electron chi connectivity index (χ2n) is 1.86. The van der Waals surface area contributed by atoms with Crippen molar-refractivity contribution in [1.82, 2.24) is 9.61 Å². The minimum absolute atomic E-state index is 0.873. The van der Waals surface area contributed by atoms with Gasteiger partial charge in [-0.2, -0.15) is 8.42 Å². The van der Waals surface area contributed by atoms with Crippen LogP contribution in [0.25, 0.3) is 0 Å². The van der Waals surface area contributed by atoms with Crippen molar-refractivity contribution in [3.8, 4) is 0 Å². The third-order valence-corrected chi connectivity index (χ3v) is 1.54. The Hall–Kier alpha value is -1.39. The van der Waals surface area contributed by atoms with Gasteiger partial charge in [0.2, 0.25) is 0 Å². The summed E-state index contributed by atoms with van der Waals surface area (Å²) in [5.74, 6) is -1.37. The predicted molar refractivity (Wildman–Crippen MR) is 41.2 cm³/mol. The van der Waals surface area contributed by atoms with E-state index in [-0.39, 0.29) is 0 Å². The molecule has 0 spiro atoms. The normalized spacial score (nSPS) is 10.6. The first-order chi connectivity index (χ1) is 6.37. The number of hydrogen-bond acceptors (Lipinski definition) is 6. The van der Waals surface area contributed by atoms with Crippen LogP contribution in [0, 0.1) is 0 Å². The molecule has 0 aromatic heterocycles. The number of ether oxygens (including phenoxy) is 1. The van der Waals surface area contributed by atoms with Gasteiger partial charge in [-0.05, 0) is 0 Å². The largest absolute Gasteiger partial charge is 0.479 e. The van der Waals surface area contributed by atoms with Crippen molar-refractivity contribution in [3.05, 3.63) is 0 Å². The van der Waals surface area contributed by atoms with Crippen LogP contribution in [0.2, 0.25) is 0 Å². The lowest BCUT2D eigenvalue weighted by Crippen LogP contribution is -2.40. The number of carbonyl (C=O) groups is 2. The number of carboxylic acids is 1. The lowest BCUT2D eigenvalue weighted by atomic mass is 10.8. The molecule has 0 heterocycles. The zero-order chi connectivity index (χ0) is 11.2. The molecule has 0 rings (SSSR count). The van der Waals surface area contributed by atoms with Crippen molar-refractivity contribution >= 4 is 22.3 Å². The van der Waals surface area contributed by atoms with Crippen molar-refractivity contribution in [3.63, 3.8) is 0 Å². The van der Waals surface area contributed by atoms with Gasteiger partial charge >= 0.3 is 22.3 Å². The summed E-state index contributed by atoms with van der Waals surface area (Å²) >= 11 is 0. The minimum Gasteiger partial charge on any atom is -0.479 e. The first-order valence-corrected chi connectivity index (χ1v) is 4.57. The molecular weight excluding hydrogens is 220 g/mol. The van der Waals surface area contributed by atoms with E-state index in [1.807, 2.05) is 0 Å². The molecule has 14 heavy (non-hydrogen) atoms. The molecule has 0 fully saturated rings. The molecule has 9 nitrogen and oxygen atoms in total. The van der Waals surface area contributed by atoms with Crippen LogP contribution in [0.4, 0.5) is 4.79 Å². The summed E-state index contributed by atoms with van der Waals surface area (Å²) in [6, 6.07) is 0. The number of carboxylic acid groups (broad SMARTS) is 1. The molecule has 0 aliphatic carbocycles. The Kier molecular flexibility index (Phi) is 4.83. The zero-order valence-corrected chi connectivity index (χ0v) is 7.83. The molecular formula is C4H8N2O7S. The molecule has 0 atom stereocenters. The average Bonchev–Trinajstić information content (AvgIpc) is 2.02. The van der Waals surface area contributed by atoms with Crippen molar-refractivity contribution in [1.29, 1.82) is 0 Å². The monoisotopic (exact) mass is 228 g/mol. The third-order valence-electron chi connectivity index (χ3n) is 0.767. The van der Waals surface area contributed by atoms with Gasteiger partial charge in [-0.1, -0.05) is 4.89 Å². The van der Waals surface area contributed by atoms with Gasteiger partial charge in [-0.15, -0.1) is 0 Å². The summed E-state index contributed by atoms with van der Waals surface area (Å²) in [4.78, 5) is 25.6. The molecule has 10 heteroatoms. The van der Waals surface area contributed by atoms with E-state index in [9.17, 15) is 18.0 Å². The van der Waals surface area contributed by atoms with Crippen LogP contribution in [0.3, 0.4) is 0 Å². The first-order valence-electron chi connectivity index (χ1n) is 3.08. The van der Waals surface area contributed by atoms with Crippen molar-refractivity contribution in [2.24, 2.45) is 0 Å². The topological polar surface area (TPSA) is 131 Å². The highest BCUT2D eigenvalue weighted by molar-refractivity contribution is 7.87. The van der Waals surface area contributed by atoms with Crippen LogP contribution in [-0.4, -0.2) is 39.3 Å². The van der Waals surface area contributed by atoms with E-state index in [4.69, 9.17) is 5.11 Å². The zero-order valence-electron chi connectivity index (χ0n) is 7.01. The molecule has 0 aliphatic rings. The maximum atomic E-state index is 10.7. The third kappa shape index (κ3) is 6.16. The average molecular weight is 228 g/mol. The van der Waals surface area contributed by atoms with Gasteiger partial charge in [0.1, 0.15) is 0 Å². The minimum atomic E-state index is -4.25. The SMILES string of the molecule is COC(=O)NS(=O)(=O)NOCC(=O)O. The Morgan fingerprint density at radius 3 is 2.43 bits per heavy atom. The summed E-state index contributed by atoms with van der Waals surface area (Å²) in [5.41, 5.74) is 0. The van der Waals surface area contributed by atoms with Crippen LogP contribution in [0.15, 0.2) is 0 Å². The van der Waals surface area contributed by atoms with Gasteiger partial charge in [-0.3, -0.25) is 4.84 Å². The van der Waals surface area contributed by atoms with Gasteiger partial charge in [0.15, 0.2) is 6.61 Å². The number of aliphatic carboxylic acids is 1. The van der Waals surface area contributed by atoms with Crippen LogP contribution in [-0.2, 0) is 24.6 Å². The smallest absolute Gasteiger partial charge is 0.421 e. The Balaban J connectivity index is 3.96. The number of carbonyl (C=O) groups excluding carboxylic acids is 1. The fourth-order valence-corrected chi connectivity index (χ4v) is 0.899. The van der Waals surface area contributed by atoms with Gasteiger partial charge in [-0.25, -0.2) is 14.3 Å². The van der Waals surface area contributed by atoms with E-state index in [0.29, 0.717) is 0 Å². The van der Waals surface area contributed by atoms with Gasteiger partial charge < -0.3 is 9.84 Å². The van der Waals surface area contributed by atoms with E-state index >= 15 is 0 Å².